The van der Waals surface area contributed by atoms with E-state index in [0.29, 0.717) is 6.10 Å². The Morgan fingerprint density at radius 1 is 1.25 bits per heavy atom. The van der Waals surface area contributed by atoms with E-state index >= 15 is 0 Å². The predicted molar refractivity (Wildman–Crippen MR) is 80.0 cm³/mol. The summed E-state index contributed by atoms with van der Waals surface area (Å²) in [6, 6.07) is 3.96. The van der Waals surface area contributed by atoms with E-state index in [9.17, 15) is 0 Å². The second-order valence-electron chi connectivity index (χ2n) is 5.80. The first-order valence-electron chi connectivity index (χ1n) is 7.11. The van der Waals surface area contributed by atoms with Crippen LogP contribution in [0.1, 0.15) is 19.8 Å². The van der Waals surface area contributed by atoms with E-state index in [1.54, 1.807) is 0 Å². The number of pyridine rings is 1. The number of halogens is 1. The van der Waals surface area contributed by atoms with E-state index in [1.165, 1.54) is 12.8 Å². The van der Waals surface area contributed by atoms with Gasteiger partial charge in [-0.3, -0.25) is 4.40 Å². The van der Waals surface area contributed by atoms with E-state index in [2.05, 4.69) is 38.0 Å². The summed E-state index contributed by atoms with van der Waals surface area (Å²) in [6.07, 6.45) is 5.22. The molecule has 0 radical (unpaired) electrons. The van der Waals surface area contributed by atoms with Crippen LogP contribution in [0.2, 0.25) is 0 Å². The number of aromatic nitrogens is 3. The van der Waals surface area contributed by atoms with Crippen molar-refractivity contribution >= 4 is 27.5 Å². The summed E-state index contributed by atoms with van der Waals surface area (Å²) < 4.78 is 9.15. The van der Waals surface area contributed by atoms with Crippen LogP contribution in [-0.2, 0) is 4.74 Å². The summed E-state index contributed by atoms with van der Waals surface area (Å²) in [6.45, 7) is 3.93. The van der Waals surface area contributed by atoms with Gasteiger partial charge >= 0.3 is 0 Å². The number of anilines is 1. The first-order chi connectivity index (χ1) is 9.70. The molecule has 2 aliphatic rings. The van der Waals surface area contributed by atoms with Crippen molar-refractivity contribution in [2.45, 2.75) is 32.0 Å². The Balaban J connectivity index is 1.68. The predicted octanol–water partition coefficient (Wildman–Crippen LogP) is 2.50. The van der Waals surface area contributed by atoms with Crippen LogP contribution in [0.4, 0.5) is 5.95 Å². The summed E-state index contributed by atoms with van der Waals surface area (Å²) in [5.74, 6) is 1.66. The monoisotopic (exact) mass is 336 g/mol. The molecule has 1 aliphatic heterocycles. The number of fused-ring (bicyclic) bond motifs is 1. The number of nitrogens with zero attached hydrogens (tertiary/aromatic N) is 4. The molecule has 2 atom stereocenters. The zero-order chi connectivity index (χ0) is 13.7. The van der Waals surface area contributed by atoms with Crippen molar-refractivity contribution in [1.29, 1.82) is 0 Å². The minimum Gasteiger partial charge on any atom is -0.371 e. The standard InChI is InChI=1S/C14H17BrN4O/c1-9-6-18(8-12(20-9)10-2-3-10)14-17-16-13-5-4-11(15)7-19(13)14/h4-5,7,9-10,12H,2-3,6,8H2,1H3. The fourth-order valence-corrected chi connectivity index (χ4v) is 3.28. The Hall–Kier alpha value is -1.14. The van der Waals surface area contributed by atoms with Crippen LogP contribution in [0.3, 0.4) is 0 Å². The molecule has 0 bridgehead atoms. The van der Waals surface area contributed by atoms with Crippen LogP contribution in [0.15, 0.2) is 22.8 Å². The summed E-state index contributed by atoms with van der Waals surface area (Å²) in [5, 5.41) is 8.63. The van der Waals surface area contributed by atoms with E-state index in [-0.39, 0.29) is 6.10 Å². The van der Waals surface area contributed by atoms with Crippen LogP contribution in [-0.4, -0.2) is 39.9 Å². The largest absolute Gasteiger partial charge is 0.371 e. The molecule has 0 spiro atoms. The van der Waals surface area contributed by atoms with Gasteiger partial charge in [-0.25, -0.2) is 0 Å². The molecule has 0 N–H and O–H groups in total. The summed E-state index contributed by atoms with van der Waals surface area (Å²) in [4.78, 5) is 2.31. The van der Waals surface area contributed by atoms with Crippen molar-refractivity contribution in [2.75, 3.05) is 18.0 Å². The van der Waals surface area contributed by atoms with Crippen LogP contribution < -0.4 is 4.90 Å². The van der Waals surface area contributed by atoms with Crippen LogP contribution in [0, 0.1) is 5.92 Å². The molecule has 6 heteroatoms. The highest BCUT2D eigenvalue weighted by Gasteiger charge is 2.38. The second-order valence-corrected chi connectivity index (χ2v) is 6.72. The Morgan fingerprint density at radius 3 is 2.90 bits per heavy atom. The van der Waals surface area contributed by atoms with Crippen molar-refractivity contribution in [1.82, 2.24) is 14.6 Å². The number of ether oxygens (including phenoxy) is 1. The Kier molecular flexibility index (Phi) is 2.96. The molecule has 2 aromatic heterocycles. The second kappa shape index (κ2) is 4.70. The number of hydrogen-bond donors (Lipinski definition) is 0. The molecule has 0 amide bonds. The molecule has 20 heavy (non-hydrogen) atoms. The molecule has 2 fully saturated rings. The normalized spacial score (nSPS) is 27.2. The zero-order valence-electron chi connectivity index (χ0n) is 11.4. The number of rotatable bonds is 2. The fourth-order valence-electron chi connectivity index (χ4n) is 2.95. The summed E-state index contributed by atoms with van der Waals surface area (Å²) in [7, 11) is 0. The van der Waals surface area contributed by atoms with Crippen molar-refractivity contribution in [3.8, 4) is 0 Å². The third kappa shape index (κ3) is 2.20. The molecule has 4 rings (SSSR count). The smallest absolute Gasteiger partial charge is 0.231 e. The Morgan fingerprint density at radius 2 is 2.10 bits per heavy atom. The first-order valence-corrected chi connectivity index (χ1v) is 7.91. The molecule has 106 valence electrons. The van der Waals surface area contributed by atoms with Gasteiger partial charge in [0.2, 0.25) is 5.95 Å². The lowest BCUT2D eigenvalue weighted by Crippen LogP contribution is -2.48. The van der Waals surface area contributed by atoms with Gasteiger partial charge in [0.15, 0.2) is 5.65 Å². The molecule has 1 aliphatic carbocycles. The van der Waals surface area contributed by atoms with Crippen LogP contribution in [0.25, 0.3) is 5.65 Å². The maximum atomic E-state index is 6.07. The minimum atomic E-state index is 0.244. The lowest BCUT2D eigenvalue weighted by Gasteiger charge is -2.37. The highest BCUT2D eigenvalue weighted by atomic mass is 79.9. The summed E-state index contributed by atoms with van der Waals surface area (Å²) in [5.41, 5.74) is 0.880. The highest BCUT2D eigenvalue weighted by Crippen LogP contribution is 2.37. The van der Waals surface area contributed by atoms with Crippen LogP contribution in [0.5, 0.6) is 0 Å². The average molecular weight is 337 g/mol. The van der Waals surface area contributed by atoms with Crippen molar-refractivity contribution < 1.29 is 4.74 Å². The van der Waals surface area contributed by atoms with E-state index in [4.69, 9.17) is 4.74 Å². The molecule has 0 aromatic carbocycles. The molecular weight excluding hydrogens is 320 g/mol. The van der Waals surface area contributed by atoms with Crippen LogP contribution >= 0.6 is 15.9 Å². The van der Waals surface area contributed by atoms with E-state index in [0.717, 1.165) is 35.1 Å². The molecule has 1 saturated carbocycles. The highest BCUT2D eigenvalue weighted by molar-refractivity contribution is 9.10. The molecule has 3 heterocycles. The quantitative estimate of drug-likeness (QED) is 0.845. The van der Waals surface area contributed by atoms with Gasteiger partial charge in [-0.05, 0) is 53.7 Å². The van der Waals surface area contributed by atoms with Crippen molar-refractivity contribution in [3.05, 3.63) is 22.8 Å². The topological polar surface area (TPSA) is 42.7 Å². The summed E-state index contributed by atoms with van der Waals surface area (Å²) >= 11 is 3.51. The number of hydrogen-bond acceptors (Lipinski definition) is 4. The molecule has 1 saturated heterocycles. The van der Waals surface area contributed by atoms with E-state index in [1.807, 2.05) is 22.7 Å². The van der Waals surface area contributed by atoms with Crippen molar-refractivity contribution in [2.24, 2.45) is 5.92 Å². The van der Waals surface area contributed by atoms with Gasteiger partial charge < -0.3 is 9.64 Å². The van der Waals surface area contributed by atoms with Gasteiger partial charge in [-0.1, -0.05) is 0 Å². The first kappa shape index (κ1) is 12.6. The lowest BCUT2D eigenvalue weighted by atomic mass is 10.1. The Bertz CT molecular complexity index is 639. The number of morpholine rings is 1. The molecule has 2 aromatic rings. The van der Waals surface area contributed by atoms with Gasteiger partial charge in [-0.2, -0.15) is 0 Å². The maximum absolute atomic E-state index is 6.07. The van der Waals surface area contributed by atoms with Gasteiger partial charge in [0.1, 0.15) is 0 Å². The third-order valence-electron chi connectivity index (χ3n) is 4.06. The van der Waals surface area contributed by atoms with Crippen molar-refractivity contribution in [3.63, 3.8) is 0 Å². The molecule has 2 unspecified atom stereocenters. The Labute approximate surface area is 126 Å². The fraction of sp³-hybridized carbons (Fsp3) is 0.571. The van der Waals surface area contributed by atoms with Gasteiger partial charge in [-0.15, -0.1) is 10.2 Å². The minimum absolute atomic E-state index is 0.244. The third-order valence-corrected chi connectivity index (χ3v) is 4.53. The van der Waals surface area contributed by atoms with Gasteiger partial charge in [0, 0.05) is 23.8 Å². The SMILES string of the molecule is CC1CN(c2nnc3ccc(Br)cn23)CC(C2CC2)O1. The maximum Gasteiger partial charge on any atom is 0.231 e. The van der Waals surface area contributed by atoms with Gasteiger partial charge in [0.05, 0.1) is 12.2 Å². The van der Waals surface area contributed by atoms with Gasteiger partial charge in [0.25, 0.3) is 0 Å². The lowest BCUT2D eigenvalue weighted by molar-refractivity contribution is -0.0276. The van der Waals surface area contributed by atoms with E-state index < -0.39 is 0 Å². The average Bonchev–Trinajstić information content (AvgIpc) is 3.19. The zero-order valence-corrected chi connectivity index (χ0v) is 13.0. The molecule has 5 nitrogen and oxygen atoms in total. The molecular formula is C14H17BrN4O.